The first-order valence-corrected chi connectivity index (χ1v) is 7.14. The molecule has 0 aliphatic rings. The van der Waals surface area contributed by atoms with E-state index >= 15 is 0 Å². The molecule has 0 atom stereocenters. The summed E-state index contributed by atoms with van der Waals surface area (Å²) < 4.78 is 5.80. The molecular formula is C17H13ClN2O2. The molecular weight excluding hydrogens is 300 g/mol. The highest BCUT2D eigenvalue weighted by Gasteiger charge is 2.04. The Labute approximate surface area is 132 Å². The Bertz CT molecular complexity index is 825. The summed E-state index contributed by atoms with van der Waals surface area (Å²) in [4.78, 5) is 11.0. The minimum Gasteiger partial charge on any atom is -0.456 e. The van der Waals surface area contributed by atoms with Crippen LogP contribution in [0.3, 0.4) is 0 Å². The van der Waals surface area contributed by atoms with Crippen molar-refractivity contribution >= 4 is 11.6 Å². The maximum absolute atomic E-state index is 11.0. The number of para-hydroxylation sites is 1. The van der Waals surface area contributed by atoms with E-state index in [2.05, 4.69) is 10.2 Å². The molecule has 0 saturated heterocycles. The predicted octanol–water partition coefficient (Wildman–Crippen LogP) is 3.81. The van der Waals surface area contributed by atoms with E-state index in [9.17, 15) is 4.79 Å². The van der Waals surface area contributed by atoms with Gasteiger partial charge in [-0.15, -0.1) is 0 Å². The van der Waals surface area contributed by atoms with Crippen molar-refractivity contribution in [3.05, 3.63) is 87.3 Å². The largest absolute Gasteiger partial charge is 0.456 e. The van der Waals surface area contributed by atoms with Gasteiger partial charge in [0.1, 0.15) is 11.5 Å². The van der Waals surface area contributed by atoms with Gasteiger partial charge in [-0.1, -0.05) is 35.9 Å². The minimum absolute atomic E-state index is 0.209. The molecule has 1 N–H and O–H groups in total. The lowest BCUT2D eigenvalue weighted by Crippen LogP contribution is -2.07. The number of rotatable bonds is 4. The molecule has 110 valence electrons. The summed E-state index contributed by atoms with van der Waals surface area (Å²) in [5.41, 5.74) is 1.61. The average Bonchev–Trinajstić information content (AvgIpc) is 2.52. The highest BCUT2D eigenvalue weighted by atomic mass is 35.5. The van der Waals surface area contributed by atoms with Crippen LogP contribution in [0.15, 0.2) is 65.5 Å². The lowest BCUT2D eigenvalue weighted by Gasteiger charge is -2.08. The summed E-state index contributed by atoms with van der Waals surface area (Å²) in [6, 6.07) is 18.2. The smallest absolute Gasteiger partial charge is 0.264 e. The fourth-order valence-corrected chi connectivity index (χ4v) is 2.23. The van der Waals surface area contributed by atoms with Gasteiger partial charge in [-0.2, -0.15) is 5.10 Å². The van der Waals surface area contributed by atoms with E-state index in [1.54, 1.807) is 12.1 Å². The van der Waals surface area contributed by atoms with Crippen LogP contribution >= 0.6 is 11.6 Å². The van der Waals surface area contributed by atoms with Gasteiger partial charge >= 0.3 is 0 Å². The van der Waals surface area contributed by atoms with E-state index in [-0.39, 0.29) is 5.56 Å². The van der Waals surface area contributed by atoms with E-state index in [1.165, 1.54) is 6.07 Å². The van der Waals surface area contributed by atoms with Gasteiger partial charge in [0.05, 0.1) is 10.7 Å². The number of ether oxygens (including phenoxy) is 1. The van der Waals surface area contributed by atoms with Gasteiger partial charge < -0.3 is 4.74 Å². The SMILES string of the molecule is O=c1ccc(Cc2cccc(Oc3ccccc3Cl)c2)n[nH]1. The van der Waals surface area contributed by atoms with Gasteiger partial charge in [0.15, 0.2) is 0 Å². The number of halogens is 1. The summed E-state index contributed by atoms with van der Waals surface area (Å²) in [6.45, 7) is 0. The molecule has 0 radical (unpaired) electrons. The fourth-order valence-electron chi connectivity index (χ4n) is 2.05. The van der Waals surface area contributed by atoms with Crippen molar-refractivity contribution in [1.29, 1.82) is 0 Å². The number of aromatic nitrogens is 2. The van der Waals surface area contributed by atoms with Gasteiger partial charge in [-0.05, 0) is 35.9 Å². The molecule has 0 aliphatic carbocycles. The van der Waals surface area contributed by atoms with Gasteiger partial charge in [-0.25, -0.2) is 5.10 Å². The lowest BCUT2D eigenvalue weighted by atomic mass is 10.1. The molecule has 22 heavy (non-hydrogen) atoms. The van der Waals surface area contributed by atoms with Crippen LogP contribution < -0.4 is 10.3 Å². The molecule has 2 aromatic carbocycles. The number of H-pyrrole nitrogens is 1. The zero-order valence-corrected chi connectivity index (χ0v) is 12.4. The molecule has 1 heterocycles. The first-order valence-electron chi connectivity index (χ1n) is 6.77. The summed E-state index contributed by atoms with van der Waals surface area (Å²) in [6.07, 6.45) is 0.608. The van der Waals surface area contributed by atoms with Crippen molar-refractivity contribution in [2.24, 2.45) is 0 Å². The molecule has 0 amide bonds. The highest BCUT2D eigenvalue weighted by molar-refractivity contribution is 6.32. The van der Waals surface area contributed by atoms with Crippen molar-refractivity contribution in [2.45, 2.75) is 6.42 Å². The van der Waals surface area contributed by atoms with E-state index in [0.717, 1.165) is 11.3 Å². The highest BCUT2D eigenvalue weighted by Crippen LogP contribution is 2.29. The topological polar surface area (TPSA) is 55.0 Å². The van der Waals surface area contributed by atoms with Crippen molar-refractivity contribution in [1.82, 2.24) is 10.2 Å². The van der Waals surface area contributed by atoms with Crippen LogP contribution in [0.2, 0.25) is 5.02 Å². The van der Waals surface area contributed by atoms with Gasteiger partial charge in [0.25, 0.3) is 5.56 Å². The second-order valence-corrected chi connectivity index (χ2v) is 5.18. The van der Waals surface area contributed by atoms with Crippen molar-refractivity contribution in [3.8, 4) is 11.5 Å². The van der Waals surface area contributed by atoms with E-state index in [4.69, 9.17) is 16.3 Å². The molecule has 5 heteroatoms. The third kappa shape index (κ3) is 3.54. The normalized spacial score (nSPS) is 10.4. The van der Waals surface area contributed by atoms with Gasteiger partial charge in [0.2, 0.25) is 0 Å². The third-order valence-corrected chi connectivity index (χ3v) is 3.40. The minimum atomic E-state index is -0.209. The zero-order chi connectivity index (χ0) is 15.4. The second-order valence-electron chi connectivity index (χ2n) is 4.77. The Kier molecular flexibility index (Phi) is 4.21. The Morgan fingerprint density at radius 1 is 1.05 bits per heavy atom. The van der Waals surface area contributed by atoms with Crippen molar-refractivity contribution in [3.63, 3.8) is 0 Å². The predicted molar refractivity (Wildman–Crippen MR) is 85.6 cm³/mol. The Morgan fingerprint density at radius 2 is 1.91 bits per heavy atom. The van der Waals surface area contributed by atoms with Crippen LogP contribution in [0.1, 0.15) is 11.3 Å². The average molecular weight is 313 g/mol. The summed E-state index contributed by atoms with van der Waals surface area (Å²) in [5, 5.41) is 6.99. The number of aromatic amines is 1. The number of benzene rings is 2. The molecule has 1 aromatic heterocycles. The summed E-state index contributed by atoms with van der Waals surface area (Å²) in [5.74, 6) is 1.32. The number of hydrogen-bond acceptors (Lipinski definition) is 3. The van der Waals surface area contributed by atoms with Crippen LogP contribution in [0.25, 0.3) is 0 Å². The number of hydrogen-bond donors (Lipinski definition) is 1. The maximum Gasteiger partial charge on any atom is 0.264 e. The molecule has 3 aromatic rings. The van der Waals surface area contributed by atoms with Crippen LogP contribution in [0, 0.1) is 0 Å². The third-order valence-electron chi connectivity index (χ3n) is 3.08. The zero-order valence-electron chi connectivity index (χ0n) is 11.6. The molecule has 4 nitrogen and oxygen atoms in total. The van der Waals surface area contributed by atoms with Gasteiger partial charge in [0, 0.05) is 12.5 Å². The lowest BCUT2D eigenvalue weighted by molar-refractivity contribution is 0.482. The summed E-state index contributed by atoms with van der Waals surface area (Å²) in [7, 11) is 0. The molecule has 0 saturated carbocycles. The molecule has 0 fully saturated rings. The van der Waals surface area contributed by atoms with E-state index in [1.807, 2.05) is 42.5 Å². The number of nitrogens with one attached hydrogen (secondary N) is 1. The Balaban J connectivity index is 1.79. The second kappa shape index (κ2) is 6.45. The van der Waals surface area contributed by atoms with Crippen molar-refractivity contribution in [2.75, 3.05) is 0 Å². The summed E-state index contributed by atoms with van der Waals surface area (Å²) >= 11 is 6.09. The first-order chi connectivity index (χ1) is 10.7. The van der Waals surface area contributed by atoms with Crippen molar-refractivity contribution < 1.29 is 4.74 Å². The van der Waals surface area contributed by atoms with Crippen LogP contribution in [-0.4, -0.2) is 10.2 Å². The van der Waals surface area contributed by atoms with Gasteiger partial charge in [-0.3, -0.25) is 4.79 Å². The van der Waals surface area contributed by atoms with Crippen LogP contribution in [0.5, 0.6) is 11.5 Å². The molecule has 0 spiro atoms. The molecule has 3 rings (SSSR count). The maximum atomic E-state index is 11.0. The first kappa shape index (κ1) is 14.4. The number of nitrogens with zero attached hydrogens (tertiary/aromatic N) is 1. The molecule has 0 bridgehead atoms. The quantitative estimate of drug-likeness (QED) is 0.797. The Morgan fingerprint density at radius 3 is 2.68 bits per heavy atom. The fraction of sp³-hybridized carbons (Fsp3) is 0.0588. The van der Waals surface area contributed by atoms with E-state index < -0.39 is 0 Å². The molecule has 0 aliphatic heterocycles. The monoisotopic (exact) mass is 312 g/mol. The van der Waals surface area contributed by atoms with Crippen LogP contribution in [0.4, 0.5) is 0 Å². The molecule has 0 unspecified atom stereocenters. The standard InChI is InChI=1S/C17H13ClN2O2/c18-15-6-1-2-7-16(15)22-14-5-3-4-12(11-14)10-13-8-9-17(21)20-19-13/h1-9,11H,10H2,(H,20,21). The van der Waals surface area contributed by atoms with Crippen LogP contribution in [-0.2, 0) is 6.42 Å². The van der Waals surface area contributed by atoms with E-state index in [0.29, 0.717) is 22.9 Å². The Hall–Kier alpha value is -2.59.